The zero-order valence-corrected chi connectivity index (χ0v) is 10.7. The summed E-state index contributed by atoms with van der Waals surface area (Å²) in [7, 11) is 2.95. The van der Waals surface area contributed by atoms with Crippen molar-refractivity contribution in [1.82, 2.24) is 0 Å². The quantitative estimate of drug-likeness (QED) is 0.895. The van der Waals surface area contributed by atoms with Crippen LogP contribution in [0.1, 0.15) is 18.4 Å². The van der Waals surface area contributed by atoms with Crippen molar-refractivity contribution in [2.45, 2.75) is 18.4 Å². The summed E-state index contributed by atoms with van der Waals surface area (Å²) in [6.45, 7) is 0. The summed E-state index contributed by atoms with van der Waals surface area (Å²) < 4.78 is 10.8. The van der Waals surface area contributed by atoms with E-state index in [4.69, 9.17) is 9.47 Å². The van der Waals surface area contributed by atoms with Gasteiger partial charge in [0.05, 0.1) is 19.8 Å². The second-order valence-electron chi connectivity index (χ2n) is 3.85. The number of halogens is 1. The van der Waals surface area contributed by atoms with E-state index in [9.17, 15) is 10.2 Å². The molecule has 1 saturated carbocycles. The van der Waals surface area contributed by atoms with Gasteiger partial charge in [0.1, 0.15) is 0 Å². The lowest BCUT2D eigenvalue weighted by Crippen LogP contribution is -2.07. The van der Waals surface area contributed by atoms with Crippen LogP contribution < -0.4 is 9.47 Å². The van der Waals surface area contributed by atoms with Gasteiger partial charge in [0.25, 0.3) is 0 Å². The van der Waals surface area contributed by atoms with Crippen LogP contribution in [-0.4, -0.2) is 24.4 Å². The maximum Gasteiger partial charge on any atom is 0.203 e. The van der Waals surface area contributed by atoms with E-state index in [1.165, 1.54) is 14.2 Å². The number of aliphatic hydroxyl groups is 1. The minimum Gasteiger partial charge on any atom is -0.504 e. The fraction of sp³-hybridized carbons (Fsp3) is 0.455. The highest BCUT2D eigenvalue weighted by molar-refractivity contribution is 9.10. The Morgan fingerprint density at radius 3 is 2.38 bits per heavy atom. The van der Waals surface area contributed by atoms with Crippen molar-refractivity contribution in [3.63, 3.8) is 0 Å². The maximum atomic E-state index is 10.1. The standard InChI is InChI=1S/C11H13BrO4/c1-15-7-5-6(12)8(11(14)3-4-11)9(13)10(7)16-2/h5,13-14H,3-4H2,1-2H3. The van der Waals surface area contributed by atoms with Crippen molar-refractivity contribution in [3.8, 4) is 17.2 Å². The van der Waals surface area contributed by atoms with Gasteiger partial charge in [0.15, 0.2) is 11.5 Å². The molecule has 0 aliphatic heterocycles. The van der Waals surface area contributed by atoms with Gasteiger partial charge in [0.2, 0.25) is 5.75 Å². The Hall–Kier alpha value is -0.940. The molecule has 0 unspecified atom stereocenters. The Balaban J connectivity index is 2.62. The molecule has 2 N–H and O–H groups in total. The lowest BCUT2D eigenvalue weighted by Gasteiger charge is -2.17. The summed E-state index contributed by atoms with van der Waals surface area (Å²) in [6.07, 6.45) is 1.29. The molecule has 0 spiro atoms. The van der Waals surface area contributed by atoms with E-state index in [0.717, 1.165) is 0 Å². The summed E-state index contributed by atoms with van der Waals surface area (Å²) in [5.41, 5.74) is -0.451. The molecule has 4 nitrogen and oxygen atoms in total. The first-order chi connectivity index (χ1) is 7.53. The molecule has 0 saturated heterocycles. The average molecular weight is 289 g/mol. The minimum atomic E-state index is -0.928. The maximum absolute atomic E-state index is 10.1. The molecule has 1 aromatic rings. The van der Waals surface area contributed by atoms with Crippen molar-refractivity contribution < 1.29 is 19.7 Å². The number of phenols is 1. The summed E-state index contributed by atoms with van der Waals surface area (Å²) in [6, 6.07) is 1.68. The summed E-state index contributed by atoms with van der Waals surface area (Å²) in [5, 5.41) is 20.1. The van der Waals surface area contributed by atoms with E-state index >= 15 is 0 Å². The highest BCUT2D eigenvalue weighted by Crippen LogP contribution is 2.55. The molecule has 1 aliphatic carbocycles. The van der Waals surface area contributed by atoms with Crippen LogP contribution >= 0.6 is 15.9 Å². The highest BCUT2D eigenvalue weighted by Gasteiger charge is 2.46. The van der Waals surface area contributed by atoms with E-state index in [0.29, 0.717) is 28.6 Å². The van der Waals surface area contributed by atoms with Gasteiger partial charge < -0.3 is 19.7 Å². The molecular formula is C11H13BrO4. The van der Waals surface area contributed by atoms with Crippen molar-refractivity contribution in [2.24, 2.45) is 0 Å². The fourth-order valence-corrected chi connectivity index (χ4v) is 2.52. The van der Waals surface area contributed by atoms with Crippen LogP contribution in [0.25, 0.3) is 0 Å². The number of benzene rings is 1. The van der Waals surface area contributed by atoms with E-state index in [1.54, 1.807) is 6.07 Å². The number of hydrogen-bond acceptors (Lipinski definition) is 4. The van der Waals surface area contributed by atoms with Crippen LogP contribution in [0.5, 0.6) is 17.2 Å². The monoisotopic (exact) mass is 288 g/mol. The topological polar surface area (TPSA) is 58.9 Å². The van der Waals surface area contributed by atoms with Crippen LogP contribution in [0, 0.1) is 0 Å². The number of hydrogen-bond donors (Lipinski definition) is 2. The summed E-state index contributed by atoms with van der Waals surface area (Å²) >= 11 is 3.32. The second kappa shape index (κ2) is 3.82. The van der Waals surface area contributed by atoms with Gasteiger partial charge in [-0.2, -0.15) is 0 Å². The van der Waals surface area contributed by atoms with Crippen LogP contribution in [-0.2, 0) is 5.60 Å². The van der Waals surface area contributed by atoms with E-state index in [1.807, 2.05) is 0 Å². The summed E-state index contributed by atoms with van der Waals surface area (Å²) in [5.74, 6) is 0.620. The van der Waals surface area contributed by atoms with Gasteiger partial charge in [-0.15, -0.1) is 0 Å². The van der Waals surface area contributed by atoms with Crippen molar-refractivity contribution in [2.75, 3.05) is 14.2 Å². The number of rotatable bonds is 3. The number of methoxy groups -OCH3 is 2. The van der Waals surface area contributed by atoms with Crippen LogP contribution in [0.15, 0.2) is 10.5 Å². The molecule has 0 amide bonds. The van der Waals surface area contributed by atoms with E-state index in [-0.39, 0.29) is 11.5 Å². The molecule has 1 aromatic carbocycles. The molecule has 5 heteroatoms. The molecule has 1 fully saturated rings. The molecule has 16 heavy (non-hydrogen) atoms. The minimum absolute atomic E-state index is 0.0614. The molecule has 0 radical (unpaired) electrons. The second-order valence-corrected chi connectivity index (χ2v) is 4.70. The first kappa shape index (κ1) is 11.5. The Bertz CT molecular complexity index is 426. The number of aromatic hydroxyl groups is 1. The van der Waals surface area contributed by atoms with Crippen molar-refractivity contribution in [3.05, 3.63) is 16.1 Å². The molecule has 0 bridgehead atoms. The van der Waals surface area contributed by atoms with Gasteiger partial charge >= 0.3 is 0 Å². The zero-order chi connectivity index (χ0) is 11.9. The van der Waals surface area contributed by atoms with Crippen molar-refractivity contribution in [1.29, 1.82) is 0 Å². The first-order valence-corrected chi connectivity index (χ1v) is 5.69. The number of phenolic OH excluding ortho intramolecular Hbond substituents is 1. The largest absolute Gasteiger partial charge is 0.504 e. The van der Waals surface area contributed by atoms with Gasteiger partial charge in [-0.05, 0) is 18.9 Å². The molecule has 88 valence electrons. The third-order valence-corrected chi connectivity index (χ3v) is 3.41. The molecule has 0 heterocycles. The Morgan fingerprint density at radius 2 is 1.94 bits per heavy atom. The van der Waals surface area contributed by atoms with E-state index < -0.39 is 5.60 Å². The zero-order valence-electron chi connectivity index (χ0n) is 9.08. The van der Waals surface area contributed by atoms with Crippen molar-refractivity contribution >= 4 is 15.9 Å². The Morgan fingerprint density at radius 1 is 1.31 bits per heavy atom. The molecule has 0 aromatic heterocycles. The number of ether oxygens (including phenoxy) is 2. The van der Waals surface area contributed by atoms with Gasteiger partial charge in [-0.1, -0.05) is 15.9 Å². The first-order valence-electron chi connectivity index (χ1n) is 4.90. The van der Waals surface area contributed by atoms with Gasteiger partial charge in [-0.25, -0.2) is 0 Å². The highest BCUT2D eigenvalue weighted by atomic mass is 79.9. The third kappa shape index (κ3) is 1.64. The smallest absolute Gasteiger partial charge is 0.203 e. The summed E-state index contributed by atoms with van der Waals surface area (Å²) in [4.78, 5) is 0. The van der Waals surface area contributed by atoms with Crippen LogP contribution in [0.3, 0.4) is 0 Å². The predicted octanol–water partition coefficient (Wildman–Crippen LogP) is 2.15. The molecule has 1 aliphatic rings. The molecular weight excluding hydrogens is 276 g/mol. The third-order valence-electron chi connectivity index (χ3n) is 2.79. The average Bonchev–Trinajstić information content (AvgIpc) is 2.96. The van der Waals surface area contributed by atoms with Gasteiger partial charge in [0, 0.05) is 10.0 Å². The Labute approximate surface area is 102 Å². The molecule has 0 atom stereocenters. The molecule has 2 rings (SSSR count). The lowest BCUT2D eigenvalue weighted by atomic mass is 10.1. The Kier molecular flexibility index (Phi) is 2.75. The predicted molar refractivity (Wildman–Crippen MR) is 62.0 cm³/mol. The fourth-order valence-electron chi connectivity index (χ4n) is 1.76. The van der Waals surface area contributed by atoms with E-state index in [2.05, 4.69) is 15.9 Å². The lowest BCUT2D eigenvalue weighted by molar-refractivity contribution is 0.146. The van der Waals surface area contributed by atoms with Gasteiger partial charge in [-0.3, -0.25) is 0 Å². The van der Waals surface area contributed by atoms with Crippen LogP contribution in [0.4, 0.5) is 0 Å². The normalized spacial score (nSPS) is 17.0. The SMILES string of the molecule is COc1cc(Br)c(C2(O)CC2)c(O)c1OC. The van der Waals surface area contributed by atoms with Crippen LogP contribution in [0.2, 0.25) is 0 Å².